The number of amidine groups is 1. The average molecular weight is 506 g/mol. The molecule has 4 saturated carbocycles. The molecule has 7 rings (SSSR count). The molecule has 1 aromatic rings. The second-order valence-electron chi connectivity index (χ2n) is 12.1. The van der Waals surface area contributed by atoms with Crippen LogP contribution in [0, 0.1) is 23.2 Å². The van der Waals surface area contributed by atoms with Crippen molar-refractivity contribution >= 4 is 28.7 Å². The Hall–Kier alpha value is -1.51. The second-order valence-corrected chi connectivity index (χ2v) is 12.5. The zero-order valence-corrected chi connectivity index (χ0v) is 21.3. The quantitative estimate of drug-likeness (QED) is 0.475. The van der Waals surface area contributed by atoms with E-state index in [0.29, 0.717) is 23.9 Å². The van der Waals surface area contributed by atoms with Crippen molar-refractivity contribution in [2.45, 2.75) is 70.1 Å². The molecule has 0 radical (unpaired) electrons. The topological polar surface area (TPSA) is 28.1 Å². The van der Waals surface area contributed by atoms with Gasteiger partial charge in [-0.25, -0.2) is 0 Å². The van der Waals surface area contributed by atoms with Crippen molar-refractivity contribution in [1.82, 2.24) is 4.90 Å². The summed E-state index contributed by atoms with van der Waals surface area (Å²) >= 11 is 6.03. The third kappa shape index (κ3) is 4.04. The first-order valence-corrected chi connectivity index (χ1v) is 13.4. The molecule has 4 aliphatic carbocycles. The van der Waals surface area contributed by atoms with Gasteiger partial charge < -0.3 is 4.74 Å². The van der Waals surface area contributed by atoms with Gasteiger partial charge in [-0.3, -0.25) is 14.8 Å². The number of rotatable bonds is 3. The number of anilines is 1. The first kappa shape index (κ1) is 23.9. The highest BCUT2D eigenvalue weighted by Gasteiger charge is 2.56. The molecule has 0 unspecified atom stereocenters. The van der Waals surface area contributed by atoms with Gasteiger partial charge in [-0.15, -0.1) is 0 Å². The number of hydrogen-bond acceptors (Lipinski definition) is 4. The minimum Gasteiger partial charge on any atom is -0.379 e. The van der Waals surface area contributed by atoms with Gasteiger partial charge in [0.15, 0.2) is 0 Å². The number of hydrogen-bond donors (Lipinski definition) is 0. The maximum absolute atomic E-state index is 13.7. The van der Waals surface area contributed by atoms with Gasteiger partial charge >= 0.3 is 6.18 Å². The van der Waals surface area contributed by atoms with Gasteiger partial charge in [0.2, 0.25) is 0 Å². The molecule has 0 spiro atoms. The number of ether oxygens (including phenoxy) is 1. The lowest BCUT2D eigenvalue weighted by Crippen LogP contribution is -2.54. The van der Waals surface area contributed by atoms with Crippen molar-refractivity contribution in [1.29, 1.82) is 0 Å². The van der Waals surface area contributed by atoms with Crippen LogP contribution in [-0.4, -0.2) is 53.6 Å². The van der Waals surface area contributed by atoms with E-state index >= 15 is 0 Å². The van der Waals surface area contributed by atoms with E-state index in [1.165, 1.54) is 31.4 Å². The van der Waals surface area contributed by atoms with Crippen LogP contribution in [0.1, 0.15) is 57.9 Å². The van der Waals surface area contributed by atoms with E-state index in [9.17, 15) is 13.2 Å². The first-order valence-electron chi connectivity index (χ1n) is 13.0. The van der Waals surface area contributed by atoms with E-state index in [-0.39, 0.29) is 11.6 Å². The molecule has 1 aromatic carbocycles. The lowest BCUT2D eigenvalue weighted by atomic mass is 9.53. The number of nitrogens with zero attached hydrogens (tertiary/aromatic N) is 3. The summed E-state index contributed by atoms with van der Waals surface area (Å²) in [5.41, 5.74) is -0.733. The van der Waals surface area contributed by atoms with Crippen LogP contribution in [0.5, 0.6) is 0 Å². The van der Waals surface area contributed by atoms with Crippen LogP contribution in [-0.2, 0) is 10.9 Å². The van der Waals surface area contributed by atoms with Crippen molar-refractivity contribution < 1.29 is 17.9 Å². The molecular weight excluding hydrogens is 471 g/mol. The van der Waals surface area contributed by atoms with E-state index in [1.807, 2.05) is 4.90 Å². The van der Waals surface area contributed by atoms with Crippen molar-refractivity contribution in [3.05, 3.63) is 29.8 Å². The highest BCUT2D eigenvalue weighted by Crippen LogP contribution is 2.58. The molecule has 8 heteroatoms. The van der Waals surface area contributed by atoms with Crippen LogP contribution in [0.3, 0.4) is 0 Å². The minimum absolute atomic E-state index is 0.0820. The number of thiocarbonyl (C=S) groups is 1. The van der Waals surface area contributed by atoms with Crippen LogP contribution in [0.4, 0.5) is 18.9 Å². The molecule has 2 aliphatic heterocycles. The molecule has 190 valence electrons. The van der Waals surface area contributed by atoms with Gasteiger partial charge in [0, 0.05) is 24.2 Å². The van der Waals surface area contributed by atoms with Gasteiger partial charge in [0.25, 0.3) is 0 Å². The van der Waals surface area contributed by atoms with E-state index in [1.54, 1.807) is 6.07 Å². The molecule has 6 aliphatic rings. The van der Waals surface area contributed by atoms with Crippen molar-refractivity contribution in [3.63, 3.8) is 0 Å². The lowest BCUT2D eigenvalue weighted by Gasteiger charge is -2.55. The highest BCUT2D eigenvalue weighted by atomic mass is 32.1. The summed E-state index contributed by atoms with van der Waals surface area (Å²) in [4.78, 5) is 10.5. The Bertz CT molecular complexity index is 1010. The van der Waals surface area contributed by atoms with Crippen molar-refractivity contribution in [2.75, 3.05) is 31.2 Å². The van der Waals surface area contributed by atoms with E-state index < -0.39 is 17.2 Å². The minimum atomic E-state index is -4.41. The standard InChI is InChI=1S/C27H34F3N3OS/c1-25(2)22(32-6-8-34-9-7-32)23(31-26-14-17-10-18(15-26)12-19(11-17)16-26)33(24(25)35)21-5-3-4-20(13-21)27(28,29)30/h3-5,13,17-19,22H,6-12,14-16H2,1-2H3/t17?,18?,19?,22-,26?/m1/s1. The number of halogens is 3. The van der Waals surface area contributed by atoms with E-state index in [0.717, 1.165) is 62.0 Å². The zero-order valence-electron chi connectivity index (χ0n) is 20.5. The summed E-state index contributed by atoms with van der Waals surface area (Å²) in [6, 6.07) is 5.51. The maximum Gasteiger partial charge on any atom is 0.416 e. The van der Waals surface area contributed by atoms with Crippen LogP contribution in [0.2, 0.25) is 0 Å². The molecule has 1 atom stereocenters. The molecule has 6 fully saturated rings. The number of benzene rings is 1. The summed E-state index contributed by atoms with van der Waals surface area (Å²) in [7, 11) is 0. The summed E-state index contributed by atoms with van der Waals surface area (Å²) in [5, 5.41) is 0. The Morgan fingerprint density at radius 3 is 2.17 bits per heavy atom. The van der Waals surface area contributed by atoms with Crippen molar-refractivity contribution in [2.24, 2.45) is 28.2 Å². The summed E-state index contributed by atoms with van der Waals surface area (Å²) < 4.78 is 46.6. The second kappa shape index (κ2) is 8.25. The fraction of sp³-hybridized carbons (Fsp3) is 0.704. The predicted octanol–water partition coefficient (Wildman–Crippen LogP) is 5.95. The highest BCUT2D eigenvalue weighted by molar-refractivity contribution is 7.80. The summed E-state index contributed by atoms with van der Waals surface area (Å²) in [6.07, 6.45) is 2.84. The van der Waals surface area contributed by atoms with Gasteiger partial charge in [-0.2, -0.15) is 13.2 Å². The molecule has 0 N–H and O–H groups in total. The fourth-order valence-corrected chi connectivity index (χ4v) is 8.35. The Balaban J connectivity index is 1.48. The van der Waals surface area contributed by atoms with E-state index in [4.69, 9.17) is 21.9 Å². The number of morpholine rings is 1. The Morgan fingerprint density at radius 2 is 1.60 bits per heavy atom. The summed E-state index contributed by atoms with van der Waals surface area (Å²) in [5.74, 6) is 3.05. The largest absolute Gasteiger partial charge is 0.416 e. The molecule has 35 heavy (non-hydrogen) atoms. The fourth-order valence-electron chi connectivity index (χ4n) is 8.04. The SMILES string of the molecule is CC1(C)C(=S)N(c2cccc(C(F)(F)F)c2)C(=NC23CC4CC(CC(C4)C2)C3)[C@H]1N1CCOCC1. The number of aliphatic imine (C=N–C) groups is 1. The predicted molar refractivity (Wildman–Crippen MR) is 135 cm³/mol. The normalized spacial score (nSPS) is 38.0. The third-order valence-electron chi connectivity index (χ3n) is 9.11. The molecule has 2 heterocycles. The lowest BCUT2D eigenvalue weighted by molar-refractivity contribution is -0.137. The van der Waals surface area contributed by atoms with Crippen LogP contribution >= 0.6 is 12.2 Å². The van der Waals surface area contributed by atoms with Gasteiger partial charge in [0.05, 0.1) is 35.3 Å². The van der Waals surface area contributed by atoms with Crippen LogP contribution < -0.4 is 4.90 Å². The van der Waals surface area contributed by atoms with E-state index in [2.05, 4.69) is 18.7 Å². The zero-order chi connectivity index (χ0) is 24.6. The van der Waals surface area contributed by atoms with Gasteiger partial charge in [0.1, 0.15) is 5.84 Å². The Kier molecular flexibility index (Phi) is 5.63. The van der Waals surface area contributed by atoms with Crippen LogP contribution in [0.25, 0.3) is 0 Å². The molecule has 4 bridgehead atoms. The molecule has 2 saturated heterocycles. The smallest absolute Gasteiger partial charge is 0.379 e. The molecular formula is C27H34F3N3OS. The molecule has 4 nitrogen and oxygen atoms in total. The first-order chi connectivity index (χ1) is 16.6. The van der Waals surface area contributed by atoms with Crippen LogP contribution in [0.15, 0.2) is 29.3 Å². The average Bonchev–Trinajstić information content (AvgIpc) is 2.97. The van der Waals surface area contributed by atoms with Crippen molar-refractivity contribution in [3.8, 4) is 0 Å². The van der Waals surface area contributed by atoms with Gasteiger partial charge in [-0.05, 0) is 74.5 Å². The monoisotopic (exact) mass is 505 g/mol. The molecule has 0 aromatic heterocycles. The Labute approximate surface area is 210 Å². The molecule has 0 amide bonds. The Morgan fingerprint density at radius 1 is 1.00 bits per heavy atom. The van der Waals surface area contributed by atoms with Gasteiger partial charge in [-0.1, -0.05) is 32.1 Å². The third-order valence-corrected chi connectivity index (χ3v) is 9.82. The number of alkyl halides is 3. The summed E-state index contributed by atoms with van der Waals surface area (Å²) in [6.45, 7) is 7.08. The maximum atomic E-state index is 13.7.